The van der Waals surface area contributed by atoms with Crippen molar-refractivity contribution in [2.45, 2.75) is 80.0 Å². The van der Waals surface area contributed by atoms with Crippen LogP contribution in [0.15, 0.2) is 10.1 Å². The highest BCUT2D eigenvalue weighted by Crippen LogP contribution is 2.74. The van der Waals surface area contributed by atoms with E-state index in [2.05, 4.69) is 10.6 Å². The molecule has 1 saturated carbocycles. The van der Waals surface area contributed by atoms with Crippen LogP contribution in [0.3, 0.4) is 0 Å². The Morgan fingerprint density at radius 2 is 1.41 bits per heavy atom. The van der Waals surface area contributed by atoms with Gasteiger partial charge in [0.05, 0.1) is 16.1 Å². The van der Waals surface area contributed by atoms with Crippen LogP contribution >= 0.6 is 69.6 Å². The lowest BCUT2D eigenvalue weighted by Gasteiger charge is -2.38. The van der Waals surface area contributed by atoms with E-state index in [4.69, 9.17) is 69.6 Å². The first kappa shape index (κ1) is 25.7. The van der Waals surface area contributed by atoms with Crippen molar-refractivity contribution in [3.05, 3.63) is 10.1 Å². The maximum Gasteiger partial charge on any atom is 0.225 e. The van der Waals surface area contributed by atoms with E-state index >= 15 is 0 Å². The van der Waals surface area contributed by atoms with Crippen molar-refractivity contribution in [2.24, 2.45) is 11.3 Å². The summed E-state index contributed by atoms with van der Waals surface area (Å²) in [6.45, 7) is 10.9. The van der Waals surface area contributed by atoms with Crippen molar-refractivity contribution in [1.82, 2.24) is 10.6 Å². The average molecular weight is 527 g/mol. The summed E-state index contributed by atoms with van der Waals surface area (Å²) in [5.41, 5.74) is -1.09. The van der Waals surface area contributed by atoms with E-state index < -0.39 is 31.5 Å². The molecular formula is C19H26Cl6N2O2. The number of allylic oxidation sites excluding steroid dienone is 1. The molecule has 2 rings (SSSR count). The molecule has 0 radical (unpaired) electrons. The summed E-state index contributed by atoms with van der Waals surface area (Å²) < 4.78 is -1.79. The molecule has 2 aliphatic rings. The highest BCUT2D eigenvalue weighted by molar-refractivity contribution is 6.66. The summed E-state index contributed by atoms with van der Waals surface area (Å²) in [5.74, 6) is -1.07. The molecule has 0 heterocycles. The highest BCUT2D eigenvalue weighted by atomic mass is 35.5. The predicted molar refractivity (Wildman–Crippen MR) is 122 cm³/mol. The number of hydrogen-bond acceptors (Lipinski definition) is 2. The number of rotatable bonds is 4. The first-order valence-electron chi connectivity index (χ1n) is 9.25. The molecule has 2 aliphatic carbocycles. The van der Waals surface area contributed by atoms with Crippen molar-refractivity contribution in [2.75, 3.05) is 0 Å². The number of hydrogen-bond donors (Lipinski definition) is 2. The quantitative estimate of drug-likeness (QED) is 0.463. The van der Waals surface area contributed by atoms with Gasteiger partial charge in [-0.2, -0.15) is 0 Å². The summed E-state index contributed by atoms with van der Waals surface area (Å²) in [7, 11) is 0. The molecule has 0 saturated heterocycles. The smallest absolute Gasteiger partial charge is 0.225 e. The monoisotopic (exact) mass is 524 g/mol. The van der Waals surface area contributed by atoms with Crippen LogP contribution in [0.2, 0.25) is 0 Å². The fourth-order valence-corrected chi connectivity index (χ4v) is 6.78. The van der Waals surface area contributed by atoms with Gasteiger partial charge in [-0.3, -0.25) is 9.59 Å². The fourth-order valence-electron chi connectivity index (χ4n) is 3.78. The SMILES string of the molecule is CC(C)(C)NC(=O)CC[C@H]1[C@@H](NC(=O)C(C)(C)C)[C@]2(Cl)C(Cl)=C(Cl)[C@]1(Cl)C2(Cl)Cl. The molecule has 166 valence electrons. The molecule has 0 unspecified atom stereocenters. The second-order valence-corrected chi connectivity index (χ2v) is 13.0. The zero-order chi connectivity index (χ0) is 22.8. The summed E-state index contributed by atoms with van der Waals surface area (Å²) in [6, 6.07) is -0.819. The van der Waals surface area contributed by atoms with E-state index in [9.17, 15) is 9.59 Å². The Hall–Kier alpha value is 0.420. The minimum absolute atomic E-state index is 0.00966. The van der Waals surface area contributed by atoms with Crippen LogP contribution in [0.25, 0.3) is 0 Å². The molecule has 2 bridgehead atoms. The van der Waals surface area contributed by atoms with Gasteiger partial charge in [-0.05, 0) is 27.2 Å². The Kier molecular flexibility index (Phi) is 6.89. The number of nitrogens with one attached hydrogen (secondary N) is 2. The Morgan fingerprint density at radius 3 is 1.86 bits per heavy atom. The minimum atomic E-state index is -1.79. The Morgan fingerprint density at radius 1 is 0.931 bits per heavy atom. The molecule has 0 spiro atoms. The van der Waals surface area contributed by atoms with Crippen LogP contribution in [0.4, 0.5) is 0 Å². The summed E-state index contributed by atoms with van der Waals surface area (Å²) in [4.78, 5) is 22.0. The Balaban J connectivity index is 2.43. The molecule has 0 aromatic carbocycles. The summed E-state index contributed by atoms with van der Waals surface area (Å²) in [6.07, 6.45) is 0.369. The normalized spacial score (nSPS) is 33.8. The molecule has 0 aliphatic heterocycles. The molecule has 0 aromatic heterocycles. The Labute approximate surface area is 202 Å². The number of fused-ring (bicyclic) bond motifs is 2. The number of carbonyl (C=O) groups excluding carboxylic acids is 2. The van der Waals surface area contributed by atoms with Crippen molar-refractivity contribution in [1.29, 1.82) is 0 Å². The van der Waals surface area contributed by atoms with Crippen molar-refractivity contribution >= 4 is 81.4 Å². The van der Waals surface area contributed by atoms with Gasteiger partial charge in [0.2, 0.25) is 11.8 Å². The van der Waals surface area contributed by atoms with Crippen molar-refractivity contribution in [3.8, 4) is 0 Å². The largest absolute Gasteiger partial charge is 0.352 e. The van der Waals surface area contributed by atoms with Crippen molar-refractivity contribution < 1.29 is 9.59 Å². The number of alkyl halides is 4. The summed E-state index contributed by atoms with van der Waals surface area (Å²) >= 11 is 39.9. The van der Waals surface area contributed by atoms with Gasteiger partial charge in [-0.1, -0.05) is 67.2 Å². The first-order chi connectivity index (χ1) is 12.8. The topological polar surface area (TPSA) is 58.2 Å². The Bertz CT molecular complexity index is 755. The highest BCUT2D eigenvalue weighted by Gasteiger charge is 2.82. The van der Waals surface area contributed by atoms with Gasteiger partial charge in [-0.25, -0.2) is 0 Å². The second-order valence-electron chi connectivity index (χ2n) is 9.77. The van der Waals surface area contributed by atoms with Gasteiger partial charge in [-0.15, -0.1) is 23.2 Å². The lowest BCUT2D eigenvalue weighted by molar-refractivity contribution is -0.129. The van der Waals surface area contributed by atoms with Gasteiger partial charge in [0, 0.05) is 23.3 Å². The minimum Gasteiger partial charge on any atom is -0.352 e. The van der Waals surface area contributed by atoms with E-state index in [0.717, 1.165) is 0 Å². The molecule has 4 nitrogen and oxygen atoms in total. The molecule has 0 aromatic rings. The lowest BCUT2D eigenvalue weighted by atomic mass is 9.83. The first-order valence-corrected chi connectivity index (χ1v) is 11.5. The standard InChI is InChI=1S/C19H26Cl6N2O2/c1-15(2,3)14(29)26-13-9(7-8-10(28)27-16(4,5)6)17(22)11(20)12(21)18(13,23)19(17,24)25/h9,13H,7-8H2,1-6H3,(H,26,29)(H,27,28)/t9-,13+,17-,18+/m0/s1. The van der Waals surface area contributed by atoms with E-state index in [0.29, 0.717) is 0 Å². The van der Waals surface area contributed by atoms with Crippen LogP contribution in [0, 0.1) is 11.3 Å². The fraction of sp³-hybridized carbons (Fsp3) is 0.789. The third-order valence-corrected chi connectivity index (χ3v) is 9.56. The number of carbonyl (C=O) groups is 2. The molecular weight excluding hydrogens is 501 g/mol. The molecule has 10 heteroatoms. The lowest BCUT2D eigenvalue weighted by Crippen LogP contribution is -2.56. The number of amides is 2. The van der Waals surface area contributed by atoms with E-state index in [1.807, 2.05) is 20.8 Å². The average Bonchev–Trinajstić information content (AvgIpc) is 2.72. The maximum absolute atomic E-state index is 12.7. The van der Waals surface area contributed by atoms with Crippen LogP contribution in [0.5, 0.6) is 0 Å². The van der Waals surface area contributed by atoms with E-state index in [1.54, 1.807) is 20.8 Å². The molecule has 2 amide bonds. The van der Waals surface area contributed by atoms with Crippen LogP contribution in [-0.4, -0.2) is 37.5 Å². The van der Waals surface area contributed by atoms with Crippen molar-refractivity contribution in [3.63, 3.8) is 0 Å². The molecule has 2 N–H and O–H groups in total. The maximum atomic E-state index is 12.7. The van der Waals surface area contributed by atoms with Crippen LogP contribution in [-0.2, 0) is 9.59 Å². The van der Waals surface area contributed by atoms with Gasteiger partial charge >= 0.3 is 0 Å². The molecule has 29 heavy (non-hydrogen) atoms. The van der Waals surface area contributed by atoms with Gasteiger partial charge in [0.1, 0.15) is 9.75 Å². The van der Waals surface area contributed by atoms with Crippen LogP contribution in [0.1, 0.15) is 54.4 Å². The molecule has 1 fully saturated rings. The van der Waals surface area contributed by atoms with Gasteiger partial charge in [0.15, 0.2) is 4.33 Å². The van der Waals surface area contributed by atoms with Crippen LogP contribution < -0.4 is 10.6 Å². The van der Waals surface area contributed by atoms with E-state index in [-0.39, 0.29) is 40.3 Å². The second kappa shape index (κ2) is 7.78. The predicted octanol–water partition coefficient (Wildman–Crippen LogP) is 5.67. The molecule has 4 atom stereocenters. The van der Waals surface area contributed by atoms with Gasteiger partial charge < -0.3 is 10.6 Å². The number of halogens is 6. The van der Waals surface area contributed by atoms with E-state index in [1.165, 1.54) is 0 Å². The summed E-state index contributed by atoms with van der Waals surface area (Å²) in [5, 5.41) is 5.86. The third kappa shape index (κ3) is 4.00. The van der Waals surface area contributed by atoms with Gasteiger partial charge in [0.25, 0.3) is 0 Å². The zero-order valence-corrected chi connectivity index (χ0v) is 21.7. The zero-order valence-electron chi connectivity index (χ0n) is 17.2. The third-order valence-electron chi connectivity index (χ3n) is 5.25.